The zero-order valence-corrected chi connectivity index (χ0v) is 13.5. The summed E-state index contributed by atoms with van der Waals surface area (Å²) in [6.45, 7) is 2.10. The highest BCUT2D eigenvalue weighted by molar-refractivity contribution is 5.94. The predicted octanol–water partition coefficient (Wildman–Crippen LogP) is 3.89. The minimum absolute atomic E-state index is 0.00407. The number of carboxylic acids is 1. The zero-order chi connectivity index (χ0) is 17.5. The van der Waals surface area contributed by atoms with Crippen LogP contribution in [0.5, 0.6) is 0 Å². The van der Waals surface area contributed by atoms with Crippen LogP contribution in [0.3, 0.4) is 0 Å². The number of carboxylic acid groups (broad SMARTS) is 1. The molecule has 1 unspecified atom stereocenters. The standard InChI is InChI=1S/C19H20FNO3/c1-14(15-8-3-2-4-9-15)21(13-7-12-18(22)23)19(24)16-10-5-6-11-17(16)20/h2-6,8-11,14H,7,12-13H2,1H3,(H,22,23). The van der Waals surface area contributed by atoms with Crippen LogP contribution in [0.25, 0.3) is 0 Å². The molecular weight excluding hydrogens is 309 g/mol. The summed E-state index contributed by atoms with van der Waals surface area (Å²) < 4.78 is 14.0. The maximum atomic E-state index is 14.0. The van der Waals surface area contributed by atoms with Gasteiger partial charge in [0.25, 0.3) is 5.91 Å². The lowest BCUT2D eigenvalue weighted by Crippen LogP contribution is -2.35. The highest BCUT2D eigenvalue weighted by Crippen LogP contribution is 2.23. The molecule has 0 fully saturated rings. The molecule has 0 aliphatic heterocycles. The maximum Gasteiger partial charge on any atom is 0.303 e. The highest BCUT2D eigenvalue weighted by Gasteiger charge is 2.24. The number of carbonyl (C=O) groups excluding carboxylic acids is 1. The maximum absolute atomic E-state index is 14.0. The minimum atomic E-state index is -0.916. The number of rotatable bonds is 7. The van der Waals surface area contributed by atoms with Gasteiger partial charge in [0.1, 0.15) is 5.82 Å². The van der Waals surface area contributed by atoms with Crippen LogP contribution in [0.1, 0.15) is 41.7 Å². The normalized spacial score (nSPS) is 11.8. The molecule has 1 amide bonds. The number of benzene rings is 2. The van der Waals surface area contributed by atoms with Gasteiger partial charge in [0, 0.05) is 13.0 Å². The van der Waals surface area contributed by atoms with Gasteiger partial charge in [-0.15, -0.1) is 0 Å². The molecule has 1 N–H and O–H groups in total. The summed E-state index contributed by atoms with van der Waals surface area (Å²) >= 11 is 0. The van der Waals surface area contributed by atoms with E-state index >= 15 is 0 Å². The summed E-state index contributed by atoms with van der Waals surface area (Å²) in [5, 5.41) is 8.82. The van der Waals surface area contributed by atoms with Gasteiger partial charge in [0.2, 0.25) is 0 Å². The fourth-order valence-corrected chi connectivity index (χ4v) is 2.57. The molecular formula is C19H20FNO3. The zero-order valence-electron chi connectivity index (χ0n) is 13.5. The van der Waals surface area contributed by atoms with Gasteiger partial charge in [-0.1, -0.05) is 42.5 Å². The van der Waals surface area contributed by atoms with E-state index in [1.165, 1.54) is 23.1 Å². The van der Waals surface area contributed by atoms with E-state index in [-0.39, 0.29) is 24.6 Å². The lowest BCUT2D eigenvalue weighted by Gasteiger charge is -2.30. The monoisotopic (exact) mass is 329 g/mol. The van der Waals surface area contributed by atoms with Gasteiger partial charge in [0.05, 0.1) is 11.6 Å². The SMILES string of the molecule is CC(c1ccccc1)N(CCCC(=O)O)C(=O)c1ccccc1F. The van der Waals surface area contributed by atoms with E-state index in [9.17, 15) is 14.0 Å². The van der Waals surface area contributed by atoms with Crippen LogP contribution in [-0.4, -0.2) is 28.4 Å². The van der Waals surface area contributed by atoms with Crippen molar-refractivity contribution in [2.75, 3.05) is 6.54 Å². The van der Waals surface area contributed by atoms with Crippen LogP contribution in [-0.2, 0) is 4.79 Å². The highest BCUT2D eigenvalue weighted by atomic mass is 19.1. The Balaban J connectivity index is 2.26. The van der Waals surface area contributed by atoms with E-state index in [1.807, 2.05) is 37.3 Å². The van der Waals surface area contributed by atoms with Crippen LogP contribution in [0.15, 0.2) is 54.6 Å². The Kier molecular flexibility index (Phi) is 6.07. The van der Waals surface area contributed by atoms with Crippen molar-refractivity contribution in [3.8, 4) is 0 Å². The Labute approximate surface area is 140 Å². The van der Waals surface area contributed by atoms with E-state index in [4.69, 9.17) is 5.11 Å². The Morgan fingerprint density at radius 2 is 1.71 bits per heavy atom. The summed E-state index contributed by atoms with van der Waals surface area (Å²) in [6.07, 6.45) is 0.273. The predicted molar refractivity (Wildman–Crippen MR) is 89.2 cm³/mol. The summed E-state index contributed by atoms with van der Waals surface area (Å²) in [4.78, 5) is 25.1. The number of hydrogen-bond acceptors (Lipinski definition) is 2. The molecule has 0 saturated heterocycles. The minimum Gasteiger partial charge on any atom is -0.481 e. The third-order valence-corrected chi connectivity index (χ3v) is 3.90. The van der Waals surface area contributed by atoms with E-state index < -0.39 is 17.7 Å². The molecule has 2 aromatic rings. The van der Waals surface area contributed by atoms with Crippen LogP contribution < -0.4 is 0 Å². The fourth-order valence-electron chi connectivity index (χ4n) is 2.57. The first-order chi connectivity index (χ1) is 11.5. The second kappa shape index (κ2) is 8.24. The van der Waals surface area contributed by atoms with Gasteiger partial charge in [0.15, 0.2) is 0 Å². The van der Waals surface area contributed by atoms with Crippen LogP contribution in [0.4, 0.5) is 4.39 Å². The molecule has 0 aliphatic carbocycles. The van der Waals surface area contributed by atoms with E-state index in [0.717, 1.165) is 5.56 Å². The van der Waals surface area contributed by atoms with Crippen molar-refractivity contribution >= 4 is 11.9 Å². The lowest BCUT2D eigenvalue weighted by atomic mass is 10.0. The molecule has 126 valence electrons. The summed E-state index contributed by atoms with van der Waals surface area (Å²) in [6, 6.07) is 14.9. The molecule has 2 aromatic carbocycles. The van der Waals surface area contributed by atoms with Crippen molar-refractivity contribution in [3.63, 3.8) is 0 Å². The molecule has 0 saturated carbocycles. The summed E-state index contributed by atoms with van der Waals surface area (Å²) in [5.74, 6) is -1.93. The van der Waals surface area contributed by atoms with Gasteiger partial charge in [-0.25, -0.2) is 4.39 Å². The molecule has 24 heavy (non-hydrogen) atoms. The molecule has 2 rings (SSSR count). The number of amides is 1. The largest absolute Gasteiger partial charge is 0.481 e. The van der Waals surface area contributed by atoms with E-state index in [0.29, 0.717) is 6.42 Å². The Morgan fingerprint density at radius 1 is 1.08 bits per heavy atom. The van der Waals surface area contributed by atoms with Crippen molar-refractivity contribution in [2.24, 2.45) is 0 Å². The van der Waals surface area contributed by atoms with Crippen LogP contribution >= 0.6 is 0 Å². The molecule has 0 bridgehead atoms. The summed E-state index contributed by atoms with van der Waals surface area (Å²) in [5.41, 5.74) is 0.910. The first kappa shape index (κ1) is 17.7. The first-order valence-corrected chi connectivity index (χ1v) is 7.83. The number of carbonyl (C=O) groups is 2. The Bertz CT molecular complexity index is 703. The van der Waals surface area contributed by atoms with Gasteiger partial charge >= 0.3 is 5.97 Å². The van der Waals surface area contributed by atoms with Gasteiger partial charge in [-0.3, -0.25) is 9.59 Å². The van der Waals surface area contributed by atoms with Gasteiger partial charge < -0.3 is 10.0 Å². The molecule has 0 spiro atoms. The molecule has 0 aliphatic rings. The molecule has 4 nitrogen and oxygen atoms in total. The van der Waals surface area contributed by atoms with E-state index in [2.05, 4.69) is 0 Å². The van der Waals surface area contributed by atoms with Crippen molar-refractivity contribution < 1.29 is 19.1 Å². The number of aliphatic carboxylic acids is 1. The third kappa shape index (κ3) is 4.41. The van der Waals surface area contributed by atoms with Crippen LogP contribution in [0.2, 0.25) is 0 Å². The topological polar surface area (TPSA) is 57.6 Å². The molecule has 0 radical (unpaired) electrons. The number of halogens is 1. The van der Waals surface area contributed by atoms with Crippen LogP contribution in [0, 0.1) is 5.82 Å². The number of hydrogen-bond donors (Lipinski definition) is 1. The molecule has 0 heterocycles. The van der Waals surface area contributed by atoms with E-state index in [1.54, 1.807) is 6.07 Å². The molecule has 5 heteroatoms. The Morgan fingerprint density at radius 3 is 2.33 bits per heavy atom. The lowest BCUT2D eigenvalue weighted by molar-refractivity contribution is -0.137. The van der Waals surface area contributed by atoms with Crippen molar-refractivity contribution in [2.45, 2.75) is 25.8 Å². The number of nitrogens with zero attached hydrogens (tertiary/aromatic N) is 1. The second-order valence-electron chi connectivity index (χ2n) is 5.56. The smallest absolute Gasteiger partial charge is 0.303 e. The van der Waals surface area contributed by atoms with Crippen molar-refractivity contribution in [3.05, 3.63) is 71.5 Å². The van der Waals surface area contributed by atoms with Gasteiger partial charge in [-0.05, 0) is 31.0 Å². The Hall–Kier alpha value is -2.69. The fraction of sp³-hybridized carbons (Fsp3) is 0.263. The average Bonchev–Trinajstić information content (AvgIpc) is 2.58. The van der Waals surface area contributed by atoms with Gasteiger partial charge in [-0.2, -0.15) is 0 Å². The second-order valence-corrected chi connectivity index (χ2v) is 5.56. The van der Waals surface area contributed by atoms with Crippen molar-refractivity contribution in [1.82, 2.24) is 4.90 Å². The average molecular weight is 329 g/mol. The quantitative estimate of drug-likeness (QED) is 0.838. The first-order valence-electron chi connectivity index (χ1n) is 7.83. The van der Waals surface area contributed by atoms with Crippen molar-refractivity contribution in [1.29, 1.82) is 0 Å². The third-order valence-electron chi connectivity index (χ3n) is 3.90. The summed E-state index contributed by atoms with van der Waals surface area (Å²) in [7, 11) is 0. The molecule has 0 aromatic heterocycles. The molecule has 1 atom stereocenters.